The van der Waals surface area contributed by atoms with Crippen LogP contribution in [-0.4, -0.2) is 16.5 Å². The van der Waals surface area contributed by atoms with Gasteiger partial charge in [0, 0.05) is 34.2 Å². The van der Waals surface area contributed by atoms with Gasteiger partial charge in [0.25, 0.3) is 0 Å². The molecule has 2 aromatic heterocycles. The Kier molecular flexibility index (Phi) is 5.04. The van der Waals surface area contributed by atoms with Gasteiger partial charge in [0.2, 0.25) is 5.91 Å². The Balaban J connectivity index is 1.71. The highest BCUT2D eigenvalue weighted by Crippen LogP contribution is 2.24. The number of aryl methyl sites for hydroxylation is 1. The first-order valence-electron chi connectivity index (χ1n) is 8.05. The summed E-state index contributed by atoms with van der Waals surface area (Å²) in [6.45, 7) is 2.99. The van der Waals surface area contributed by atoms with Crippen LogP contribution in [0.4, 0.5) is 10.5 Å². The third kappa shape index (κ3) is 4.00. The number of primary amides is 1. The molecule has 0 unspecified atom stereocenters. The molecule has 0 saturated carbocycles. The molecule has 130 valence electrons. The van der Waals surface area contributed by atoms with Crippen LogP contribution in [-0.2, 0) is 11.3 Å². The SMILES string of the molecule is CCn1ccc2cc(NC(=O)C[C@@H](NC(N)=O)c3cccs3)ccc21. The highest BCUT2D eigenvalue weighted by Gasteiger charge is 2.18. The fourth-order valence-corrected chi connectivity index (χ4v) is 3.61. The number of fused-ring (bicyclic) bond motifs is 1. The van der Waals surface area contributed by atoms with Crippen molar-refractivity contribution in [3.63, 3.8) is 0 Å². The minimum Gasteiger partial charge on any atom is -0.352 e. The summed E-state index contributed by atoms with van der Waals surface area (Å²) >= 11 is 1.48. The molecule has 0 aliphatic carbocycles. The summed E-state index contributed by atoms with van der Waals surface area (Å²) in [5.74, 6) is -0.179. The first kappa shape index (κ1) is 17.0. The van der Waals surface area contributed by atoms with E-state index < -0.39 is 12.1 Å². The van der Waals surface area contributed by atoms with Gasteiger partial charge in [0.05, 0.1) is 12.5 Å². The van der Waals surface area contributed by atoms with E-state index in [1.54, 1.807) is 0 Å². The molecule has 1 aromatic carbocycles. The number of hydrogen-bond acceptors (Lipinski definition) is 3. The van der Waals surface area contributed by atoms with Crippen LogP contribution in [0.25, 0.3) is 10.9 Å². The van der Waals surface area contributed by atoms with Crippen molar-refractivity contribution in [1.29, 1.82) is 0 Å². The number of benzene rings is 1. The Labute approximate surface area is 149 Å². The second-order valence-electron chi connectivity index (χ2n) is 5.70. The van der Waals surface area contributed by atoms with Crippen molar-refractivity contribution in [2.24, 2.45) is 5.73 Å². The quantitative estimate of drug-likeness (QED) is 0.631. The molecule has 7 heteroatoms. The third-order valence-electron chi connectivity index (χ3n) is 3.99. The Hall–Kier alpha value is -2.80. The van der Waals surface area contributed by atoms with Gasteiger partial charge in [-0.3, -0.25) is 4.79 Å². The van der Waals surface area contributed by atoms with Crippen molar-refractivity contribution in [3.8, 4) is 0 Å². The average Bonchev–Trinajstić information content (AvgIpc) is 3.23. The van der Waals surface area contributed by atoms with E-state index in [0.717, 1.165) is 28.0 Å². The van der Waals surface area contributed by atoms with Gasteiger partial charge in [-0.05, 0) is 42.6 Å². The lowest BCUT2D eigenvalue weighted by Crippen LogP contribution is -2.34. The summed E-state index contributed by atoms with van der Waals surface area (Å²) in [4.78, 5) is 24.5. The fraction of sp³-hybridized carbons (Fsp3) is 0.222. The van der Waals surface area contributed by atoms with Crippen LogP contribution in [0.5, 0.6) is 0 Å². The minimum atomic E-state index is -0.645. The van der Waals surface area contributed by atoms with Gasteiger partial charge in [0.1, 0.15) is 0 Å². The molecule has 0 aliphatic heterocycles. The highest BCUT2D eigenvalue weighted by atomic mass is 32.1. The van der Waals surface area contributed by atoms with Crippen molar-refractivity contribution < 1.29 is 9.59 Å². The number of aromatic nitrogens is 1. The molecule has 4 N–H and O–H groups in total. The lowest BCUT2D eigenvalue weighted by Gasteiger charge is -2.16. The van der Waals surface area contributed by atoms with Crippen LogP contribution < -0.4 is 16.4 Å². The number of carbonyl (C=O) groups is 2. The van der Waals surface area contributed by atoms with E-state index in [1.807, 2.05) is 48.0 Å². The van der Waals surface area contributed by atoms with E-state index >= 15 is 0 Å². The van der Waals surface area contributed by atoms with E-state index in [1.165, 1.54) is 11.3 Å². The molecular weight excluding hydrogens is 336 g/mol. The van der Waals surface area contributed by atoms with Gasteiger partial charge in [0.15, 0.2) is 0 Å². The monoisotopic (exact) mass is 356 g/mol. The van der Waals surface area contributed by atoms with Crippen LogP contribution in [0.3, 0.4) is 0 Å². The molecule has 0 aliphatic rings. The number of hydrogen-bond donors (Lipinski definition) is 3. The molecule has 3 rings (SSSR count). The molecule has 0 radical (unpaired) electrons. The molecule has 0 bridgehead atoms. The van der Waals surface area contributed by atoms with Gasteiger partial charge >= 0.3 is 6.03 Å². The number of nitrogens with one attached hydrogen (secondary N) is 2. The van der Waals surface area contributed by atoms with Crippen molar-refractivity contribution in [2.45, 2.75) is 25.9 Å². The first-order valence-corrected chi connectivity index (χ1v) is 8.93. The Morgan fingerprint density at radius 1 is 1.28 bits per heavy atom. The van der Waals surface area contributed by atoms with Gasteiger partial charge in [-0.25, -0.2) is 4.79 Å². The van der Waals surface area contributed by atoms with Gasteiger partial charge in [-0.1, -0.05) is 6.07 Å². The van der Waals surface area contributed by atoms with Crippen molar-refractivity contribution >= 4 is 39.9 Å². The van der Waals surface area contributed by atoms with Crippen molar-refractivity contribution in [1.82, 2.24) is 9.88 Å². The summed E-state index contributed by atoms with van der Waals surface area (Å²) in [7, 11) is 0. The van der Waals surface area contributed by atoms with E-state index in [0.29, 0.717) is 0 Å². The van der Waals surface area contributed by atoms with Crippen LogP contribution in [0.2, 0.25) is 0 Å². The summed E-state index contributed by atoms with van der Waals surface area (Å²) in [6, 6.07) is 10.5. The number of carbonyl (C=O) groups excluding carboxylic acids is 2. The van der Waals surface area contributed by atoms with Crippen LogP contribution in [0, 0.1) is 0 Å². The predicted molar refractivity (Wildman–Crippen MR) is 101 cm³/mol. The fourth-order valence-electron chi connectivity index (χ4n) is 2.84. The zero-order valence-electron chi connectivity index (χ0n) is 13.9. The van der Waals surface area contributed by atoms with Crippen LogP contribution >= 0.6 is 11.3 Å². The summed E-state index contributed by atoms with van der Waals surface area (Å²) < 4.78 is 2.14. The molecule has 0 fully saturated rings. The molecule has 0 saturated heterocycles. The number of thiophene rings is 1. The van der Waals surface area contributed by atoms with E-state index in [2.05, 4.69) is 22.1 Å². The van der Waals surface area contributed by atoms with Crippen LogP contribution in [0.1, 0.15) is 24.3 Å². The maximum absolute atomic E-state index is 12.4. The first-order chi connectivity index (χ1) is 12.1. The summed E-state index contributed by atoms with van der Waals surface area (Å²) in [5, 5.41) is 8.49. The molecule has 3 aromatic rings. The zero-order valence-corrected chi connectivity index (χ0v) is 14.7. The largest absolute Gasteiger partial charge is 0.352 e. The molecule has 3 amide bonds. The second-order valence-corrected chi connectivity index (χ2v) is 6.68. The molecule has 6 nitrogen and oxygen atoms in total. The smallest absolute Gasteiger partial charge is 0.312 e. The number of nitrogens with two attached hydrogens (primary N) is 1. The van der Waals surface area contributed by atoms with E-state index in [9.17, 15) is 9.59 Å². The predicted octanol–water partition coefficient (Wildman–Crippen LogP) is 3.46. The molecule has 0 spiro atoms. The zero-order chi connectivity index (χ0) is 17.8. The lowest BCUT2D eigenvalue weighted by molar-refractivity contribution is -0.116. The van der Waals surface area contributed by atoms with Gasteiger partial charge < -0.3 is 20.9 Å². The molecule has 25 heavy (non-hydrogen) atoms. The maximum atomic E-state index is 12.4. The standard InChI is InChI=1S/C18H20N4O2S/c1-2-22-8-7-12-10-13(5-6-15(12)22)20-17(23)11-14(21-18(19)24)16-4-3-9-25-16/h3-10,14H,2,11H2,1H3,(H,20,23)(H3,19,21,24)/t14-/m1/s1. The Morgan fingerprint density at radius 2 is 2.12 bits per heavy atom. The highest BCUT2D eigenvalue weighted by molar-refractivity contribution is 7.10. The van der Waals surface area contributed by atoms with Crippen LogP contribution in [0.15, 0.2) is 48.0 Å². The van der Waals surface area contributed by atoms with E-state index in [4.69, 9.17) is 5.73 Å². The number of rotatable bonds is 6. The number of nitrogens with zero attached hydrogens (tertiary/aromatic N) is 1. The average molecular weight is 356 g/mol. The lowest BCUT2D eigenvalue weighted by atomic mass is 10.1. The molecular formula is C18H20N4O2S. The number of urea groups is 1. The van der Waals surface area contributed by atoms with Crippen molar-refractivity contribution in [3.05, 3.63) is 52.9 Å². The molecule has 1 atom stereocenters. The Morgan fingerprint density at radius 3 is 2.80 bits per heavy atom. The van der Waals surface area contributed by atoms with Gasteiger partial charge in [-0.2, -0.15) is 0 Å². The van der Waals surface area contributed by atoms with Crippen molar-refractivity contribution in [2.75, 3.05) is 5.32 Å². The second kappa shape index (κ2) is 7.40. The summed E-state index contributed by atoms with van der Waals surface area (Å²) in [6.07, 6.45) is 2.15. The number of anilines is 1. The number of amides is 3. The molecule has 2 heterocycles. The Bertz CT molecular complexity index is 886. The summed E-state index contributed by atoms with van der Waals surface area (Å²) in [5.41, 5.74) is 7.09. The topological polar surface area (TPSA) is 89.2 Å². The minimum absolute atomic E-state index is 0.122. The normalized spacial score (nSPS) is 12.0. The van der Waals surface area contributed by atoms with Gasteiger partial charge in [-0.15, -0.1) is 11.3 Å². The maximum Gasteiger partial charge on any atom is 0.312 e. The van der Waals surface area contributed by atoms with E-state index in [-0.39, 0.29) is 12.3 Å². The third-order valence-corrected chi connectivity index (χ3v) is 4.97.